The second-order valence-electron chi connectivity index (χ2n) is 5.59. The van der Waals surface area contributed by atoms with Crippen molar-refractivity contribution in [2.75, 3.05) is 31.1 Å². The van der Waals surface area contributed by atoms with Crippen molar-refractivity contribution < 1.29 is 14.3 Å². The molecule has 1 aromatic carbocycles. The molecule has 1 aliphatic rings. The summed E-state index contributed by atoms with van der Waals surface area (Å²) in [6, 6.07) is 6.24. The van der Waals surface area contributed by atoms with Crippen LogP contribution in [0.3, 0.4) is 0 Å². The molecule has 1 amide bonds. The number of benzene rings is 1. The van der Waals surface area contributed by atoms with Gasteiger partial charge in [-0.25, -0.2) is 14.2 Å². The Morgan fingerprint density at radius 1 is 1.20 bits per heavy atom. The first-order chi connectivity index (χ1) is 12.0. The van der Waals surface area contributed by atoms with Crippen LogP contribution in [0.1, 0.15) is 0 Å². The van der Waals surface area contributed by atoms with Crippen molar-refractivity contribution in [1.82, 2.24) is 19.5 Å². The summed E-state index contributed by atoms with van der Waals surface area (Å²) in [6.07, 6.45) is -0.882. The number of hydrogen-bond acceptors (Lipinski definition) is 5. The number of fused-ring (bicyclic) bond motifs is 1. The number of rotatable bonds is 2. The maximum Gasteiger partial charge on any atom is 0.407 e. The monoisotopic (exact) mass is 473 g/mol. The van der Waals surface area contributed by atoms with E-state index in [0.29, 0.717) is 26.2 Å². The van der Waals surface area contributed by atoms with Crippen molar-refractivity contribution >= 4 is 50.1 Å². The second kappa shape index (κ2) is 6.41. The molecule has 0 atom stereocenters. The number of halogens is 2. The van der Waals surface area contributed by atoms with Crippen LogP contribution in [0, 0.1) is 9.52 Å². The molecule has 0 bridgehead atoms. The molecule has 0 aliphatic carbocycles. The second-order valence-corrected chi connectivity index (χ2v) is 7.55. The smallest absolute Gasteiger partial charge is 0.407 e. The topological polar surface area (TPSA) is 74.0 Å². The van der Waals surface area contributed by atoms with E-state index in [-0.39, 0.29) is 5.82 Å². The molecule has 10 heteroatoms. The first-order valence-corrected chi connectivity index (χ1v) is 9.46. The van der Waals surface area contributed by atoms with E-state index >= 15 is 0 Å². The number of carbonyl (C=O) groups is 1. The zero-order valence-electron chi connectivity index (χ0n) is 12.9. The molecule has 3 aromatic rings. The molecule has 2 aromatic heterocycles. The van der Waals surface area contributed by atoms with E-state index in [2.05, 4.69) is 37.6 Å². The first kappa shape index (κ1) is 16.5. The van der Waals surface area contributed by atoms with Gasteiger partial charge >= 0.3 is 6.09 Å². The molecule has 0 unspecified atom stereocenters. The van der Waals surface area contributed by atoms with E-state index in [9.17, 15) is 9.18 Å². The van der Waals surface area contributed by atoms with E-state index in [1.807, 2.05) is 0 Å². The highest BCUT2D eigenvalue weighted by Crippen LogP contribution is 2.31. The zero-order valence-corrected chi connectivity index (χ0v) is 15.9. The fourth-order valence-corrected chi connectivity index (χ4v) is 4.61. The van der Waals surface area contributed by atoms with Crippen LogP contribution in [0.5, 0.6) is 0 Å². The van der Waals surface area contributed by atoms with Gasteiger partial charge in [-0.05, 0) is 46.9 Å². The van der Waals surface area contributed by atoms with Gasteiger partial charge in [0.05, 0.1) is 0 Å². The number of aromatic nitrogens is 3. The summed E-state index contributed by atoms with van der Waals surface area (Å²) in [5.74, 6) is -0.277. The van der Waals surface area contributed by atoms with Crippen molar-refractivity contribution in [2.45, 2.75) is 0 Å². The summed E-state index contributed by atoms with van der Waals surface area (Å²) in [5, 5.41) is 14.5. The lowest BCUT2D eigenvalue weighted by Gasteiger charge is -2.32. The number of piperazine rings is 1. The van der Waals surface area contributed by atoms with Crippen LogP contribution < -0.4 is 4.90 Å². The normalized spacial score (nSPS) is 15.1. The third-order valence-corrected chi connectivity index (χ3v) is 6.01. The Balaban J connectivity index is 1.60. The van der Waals surface area contributed by atoms with Crippen molar-refractivity contribution in [3.05, 3.63) is 33.8 Å². The number of nitrogens with zero attached hydrogens (tertiary/aromatic N) is 5. The van der Waals surface area contributed by atoms with E-state index in [1.54, 1.807) is 16.6 Å². The minimum absolute atomic E-state index is 0.277. The van der Waals surface area contributed by atoms with Crippen molar-refractivity contribution in [1.29, 1.82) is 0 Å². The summed E-state index contributed by atoms with van der Waals surface area (Å²) in [7, 11) is 0. The molecule has 0 radical (unpaired) electrons. The molecular formula is C15H13FIN5O2S. The molecule has 1 aliphatic heterocycles. The van der Waals surface area contributed by atoms with Crippen molar-refractivity contribution in [3.63, 3.8) is 0 Å². The van der Waals surface area contributed by atoms with E-state index in [4.69, 9.17) is 5.11 Å². The molecular weight excluding hydrogens is 460 g/mol. The minimum Gasteiger partial charge on any atom is -0.465 e. The number of imidazole rings is 1. The lowest BCUT2D eigenvalue weighted by atomic mass is 10.2. The molecule has 4 rings (SSSR count). The Hall–Kier alpha value is -1.95. The van der Waals surface area contributed by atoms with Crippen molar-refractivity contribution in [2.24, 2.45) is 0 Å². The summed E-state index contributed by atoms with van der Waals surface area (Å²) in [6.45, 7) is 2.17. The zero-order chi connectivity index (χ0) is 17.6. The summed E-state index contributed by atoms with van der Waals surface area (Å²) >= 11 is 3.66. The maximum atomic E-state index is 13.1. The lowest BCUT2D eigenvalue weighted by molar-refractivity contribution is 0.142. The quantitative estimate of drug-likeness (QED) is 0.580. The summed E-state index contributed by atoms with van der Waals surface area (Å²) in [4.78, 5) is 19.9. The maximum absolute atomic E-state index is 13.1. The number of hydrogen-bond donors (Lipinski definition) is 1. The molecule has 0 saturated carbocycles. The Morgan fingerprint density at radius 3 is 2.48 bits per heavy atom. The summed E-state index contributed by atoms with van der Waals surface area (Å²) < 4.78 is 15.7. The lowest BCUT2D eigenvalue weighted by Crippen LogP contribution is -2.48. The predicted octanol–water partition coefficient (Wildman–Crippen LogP) is 3.00. The van der Waals surface area contributed by atoms with Gasteiger partial charge in [0.1, 0.15) is 15.2 Å². The number of anilines is 1. The average molecular weight is 473 g/mol. The Bertz CT molecular complexity index is 933. The molecule has 0 spiro atoms. The average Bonchev–Trinajstić information content (AvgIpc) is 3.16. The van der Waals surface area contributed by atoms with Gasteiger partial charge in [0.25, 0.3) is 0 Å². The van der Waals surface area contributed by atoms with Gasteiger partial charge < -0.3 is 14.9 Å². The first-order valence-electron chi connectivity index (χ1n) is 7.57. The van der Waals surface area contributed by atoms with Crippen LogP contribution >= 0.6 is 33.9 Å². The Kier molecular flexibility index (Phi) is 4.23. The standard InChI is InChI=1S/C15H13FIN5O2S/c16-10-3-1-9(2-4-10)11-12(17)22-13(18-11)25-14(19-22)20-5-7-21(8-6-20)15(23)24/h1-4H,5-8H2,(H,23,24). The van der Waals surface area contributed by atoms with Crippen LogP contribution in [-0.4, -0.2) is 56.9 Å². The van der Waals surface area contributed by atoms with Gasteiger partial charge in [-0.3, -0.25) is 0 Å². The molecule has 130 valence electrons. The number of amides is 1. The fourth-order valence-electron chi connectivity index (χ4n) is 2.72. The van der Waals surface area contributed by atoms with Crippen LogP contribution in [0.2, 0.25) is 0 Å². The van der Waals surface area contributed by atoms with E-state index < -0.39 is 6.09 Å². The van der Waals surface area contributed by atoms with Crippen LogP contribution in [-0.2, 0) is 0 Å². The molecule has 1 N–H and O–H groups in total. The van der Waals surface area contributed by atoms with E-state index in [0.717, 1.165) is 25.1 Å². The predicted molar refractivity (Wildman–Crippen MR) is 101 cm³/mol. The Morgan fingerprint density at radius 2 is 1.88 bits per heavy atom. The molecule has 3 heterocycles. The van der Waals surface area contributed by atoms with Gasteiger partial charge in [-0.2, -0.15) is 4.52 Å². The largest absolute Gasteiger partial charge is 0.465 e. The highest BCUT2D eigenvalue weighted by Gasteiger charge is 2.24. The fraction of sp³-hybridized carbons (Fsp3) is 0.267. The third kappa shape index (κ3) is 3.03. The van der Waals surface area contributed by atoms with Gasteiger partial charge in [0.15, 0.2) is 0 Å². The minimum atomic E-state index is -0.882. The van der Waals surface area contributed by atoms with Gasteiger partial charge in [0, 0.05) is 31.7 Å². The highest BCUT2D eigenvalue weighted by atomic mass is 127. The van der Waals surface area contributed by atoms with Crippen LogP contribution in [0.4, 0.5) is 14.3 Å². The SMILES string of the molecule is O=C(O)N1CCN(c2nn3c(I)c(-c4ccc(F)cc4)nc3s2)CC1. The molecule has 1 fully saturated rings. The van der Waals surface area contributed by atoms with Gasteiger partial charge in [-0.1, -0.05) is 11.3 Å². The molecule has 7 nitrogen and oxygen atoms in total. The van der Waals surface area contributed by atoms with Gasteiger partial charge in [-0.15, -0.1) is 5.10 Å². The molecule has 1 saturated heterocycles. The van der Waals surface area contributed by atoms with Crippen LogP contribution in [0.15, 0.2) is 24.3 Å². The van der Waals surface area contributed by atoms with Crippen molar-refractivity contribution in [3.8, 4) is 11.3 Å². The Labute approximate surface area is 159 Å². The summed E-state index contributed by atoms with van der Waals surface area (Å²) in [5.41, 5.74) is 1.63. The highest BCUT2D eigenvalue weighted by molar-refractivity contribution is 14.1. The van der Waals surface area contributed by atoms with Crippen LogP contribution in [0.25, 0.3) is 16.2 Å². The van der Waals surface area contributed by atoms with Gasteiger partial charge in [0.2, 0.25) is 10.1 Å². The number of carboxylic acid groups (broad SMARTS) is 1. The van der Waals surface area contributed by atoms with E-state index in [1.165, 1.54) is 28.4 Å². The molecule has 25 heavy (non-hydrogen) atoms. The third-order valence-electron chi connectivity index (χ3n) is 4.08.